The predicted octanol–water partition coefficient (Wildman–Crippen LogP) is 3.16. The number of hydrogen-bond acceptors (Lipinski definition) is 2. The lowest BCUT2D eigenvalue weighted by atomic mass is 9.87. The molecule has 1 aliphatic rings. The van der Waals surface area contributed by atoms with Crippen LogP contribution in [-0.2, 0) is 11.2 Å². The molecule has 0 radical (unpaired) electrons. The highest BCUT2D eigenvalue weighted by Gasteiger charge is 2.24. The summed E-state index contributed by atoms with van der Waals surface area (Å²) in [6.07, 6.45) is 4.04. The minimum Gasteiger partial charge on any atom is -0.381 e. The molecule has 0 spiro atoms. The average molecular weight is 265 g/mol. The number of hydrogen-bond donors (Lipinski definition) is 1. The van der Waals surface area contributed by atoms with Crippen LogP contribution >= 0.6 is 0 Å². The van der Waals surface area contributed by atoms with Gasteiger partial charge in [0, 0.05) is 19.3 Å². The van der Waals surface area contributed by atoms with Crippen LogP contribution in [0.15, 0.2) is 24.3 Å². The van der Waals surface area contributed by atoms with Crippen LogP contribution in [0.25, 0.3) is 0 Å². The molecule has 1 N–H and O–H groups in total. The summed E-state index contributed by atoms with van der Waals surface area (Å²) >= 11 is 0. The number of nitrogens with one attached hydrogen (secondary N) is 1. The Morgan fingerprint density at radius 1 is 1.32 bits per heavy atom. The van der Waals surface area contributed by atoms with Gasteiger partial charge in [-0.3, -0.25) is 0 Å². The second-order valence-corrected chi connectivity index (χ2v) is 5.31. The standard InChI is InChI=1S/C16H24FNO/c1-2-9-18-16(13-7-10-19-11-8-13)12-14-5-3-4-6-15(14)17/h3-6,13,16,18H,2,7-12H2,1H3. The monoisotopic (exact) mass is 265 g/mol. The summed E-state index contributed by atoms with van der Waals surface area (Å²) in [6, 6.07) is 7.48. The van der Waals surface area contributed by atoms with Crippen molar-refractivity contribution in [3.8, 4) is 0 Å². The van der Waals surface area contributed by atoms with Crippen LogP contribution in [-0.4, -0.2) is 25.8 Å². The fourth-order valence-corrected chi connectivity index (χ4v) is 2.75. The van der Waals surface area contributed by atoms with Gasteiger partial charge in [0.25, 0.3) is 0 Å². The first-order valence-corrected chi connectivity index (χ1v) is 7.35. The number of benzene rings is 1. The fourth-order valence-electron chi connectivity index (χ4n) is 2.75. The van der Waals surface area contributed by atoms with E-state index in [1.165, 1.54) is 0 Å². The number of halogens is 1. The maximum atomic E-state index is 13.8. The first-order chi connectivity index (χ1) is 9.31. The van der Waals surface area contributed by atoms with E-state index in [1.807, 2.05) is 12.1 Å². The average Bonchev–Trinajstić information content (AvgIpc) is 2.46. The van der Waals surface area contributed by atoms with Crippen molar-refractivity contribution in [3.05, 3.63) is 35.6 Å². The van der Waals surface area contributed by atoms with Crippen LogP contribution in [0.3, 0.4) is 0 Å². The number of rotatable bonds is 6. The fraction of sp³-hybridized carbons (Fsp3) is 0.625. The molecule has 2 nitrogen and oxygen atoms in total. The molecule has 1 heterocycles. The molecule has 0 saturated carbocycles. The minimum absolute atomic E-state index is 0.0853. The molecule has 1 aromatic carbocycles. The second kappa shape index (κ2) is 7.61. The van der Waals surface area contributed by atoms with Crippen molar-refractivity contribution in [1.29, 1.82) is 0 Å². The molecule has 19 heavy (non-hydrogen) atoms. The smallest absolute Gasteiger partial charge is 0.126 e. The van der Waals surface area contributed by atoms with Gasteiger partial charge in [-0.2, -0.15) is 0 Å². The van der Waals surface area contributed by atoms with E-state index in [-0.39, 0.29) is 5.82 Å². The maximum Gasteiger partial charge on any atom is 0.126 e. The molecule has 0 aromatic heterocycles. The van der Waals surface area contributed by atoms with Crippen LogP contribution in [0.1, 0.15) is 31.7 Å². The lowest BCUT2D eigenvalue weighted by Gasteiger charge is -2.31. The van der Waals surface area contributed by atoms with Crippen molar-refractivity contribution in [2.45, 2.75) is 38.6 Å². The van der Waals surface area contributed by atoms with E-state index in [2.05, 4.69) is 12.2 Å². The molecular weight excluding hydrogens is 241 g/mol. The Morgan fingerprint density at radius 3 is 2.74 bits per heavy atom. The molecule has 0 bridgehead atoms. The normalized spacial score (nSPS) is 18.4. The number of ether oxygens (including phenoxy) is 1. The molecule has 3 heteroatoms. The molecule has 0 amide bonds. The maximum absolute atomic E-state index is 13.8. The van der Waals surface area contributed by atoms with E-state index in [1.54, 1.807) is 12.1 Å². The van der Waals surface area contributed by atoms with Gasteiger partial charge >= 0.3 is 0 Å². The van der Waals surface area contributed by atoms with Gasteiger partial charge in [0.2, 0.25) is 0 Å². The topological polar surface area (TPSA) is 21.3 Å². The summed E-state index contributed by atoms with van der Waals surface area (Å²) in [5.74, 6) is 0.512. The van der Waals surface area contributed by atoms with Crippen LogP contribution in [0.4, 0.5) is 4.39 Å². The van der Waals surface area contributed by atoms with Gasteiger partial charge in [-0.15, -0.1) is 0 Å². The van der Waals surface area contributed by atoms with Crippen molar-refractivity contribution in [3.63, 3.8) is 0 Å². The lowest BCUT2D eigenvalue weighted by molar-refractivity contribution is 0.0537. The Hall–Kier alpha value is -0.930. The van der Waals surface area contributed by atoms with Crippen molar-refractivity contribution in [2.24, 2.45) is 5.92 Å². The summed E-state index contributed by atoms with van der Waals surface area (Å²) in [4.78, 5) is 0. The van der Waals surface area contributed by atoms with Gasteiger partial charge in [-0.1, -0.05) is 25.1 Å². The molecule has 106 valence electrons. The van der Waals surface area contributed by atoms with Gasteiger partial charge < -0.3 is 10.1 Å². The zero-order chi connectivity index (χ0) is 13.5. The van der Waals surface area contributed by atoms with Gasteiger partial charge in [0.15, 0.2) is 0 Å². The SMILES string of the molecule is CCCNC(Cc1ccccc1F)C1CCOCC1. The summed E-state index contributed by atoms with van der Waals surface area (Å²) in [6.45, 7) is 4.84. The van der Waals surface area contributed by atoms with E-state index in [0.29, 0.717) is 12.0 Å². The van der Waals surface area contributed by atoms with E-state index >= 15 is 0 Å². The molecule has 1 atom stereocenters. The zero-order valence-electron chi connectivity index (χ0n) is 11.7. The molecule has 1 fully saturated rings. The third-order valence-electron chi connectivity index (χ3n) is 3.89. The van der Waals surface area contributed by atoms with E-state index < -0.39 is 0 Å². The van der Waals surface area contributed by atoms with Gasteiger partial charge in [-0.25, -0.2) is 4.39 Å². The van der Waals surface area contributed by atoms with Crippen LogP contribution in [0.5, 0.6) is 0 Å². The predicted molar refractivity (Wildman–Crippen MR) is 75.7 cm³/mol. The van der Waals surface area contributed by atoms with Gasteiger partial charge in [-0.05, 0) is 49.8 Å². The van der Waals surface area contributed by atoms with Crippen molar-refractivity contribution < 1.29 is 9.13 Å². The Kier molecular flexibility index (Phi) is 5.80. The summed E-state index contributed by atoms with van der Waals surface area (Å²) in [5.41, 5.74) is 0.822. The highest BCUT2D eigenvalue weighted by atomic mass is 19.1. The van der Waals surface area contributed by atoms with Crippen LogP contribution < -0.4 is 5.32 Å². The van der Waals surface area contributed by atoms with Gasteiger partial charge in [0.1, 0.15) is 5.82 Å². The third kappa shape index (κ3) is 4.29. The van der Waals surface area contributed by atoms with Crippen LogP contribution in [0.2, 0.25) is 0 Å². The van der Waals surface area contributed by atoms with Crippen molar-refractivity contribution >= 4 is 0 Å². The first-order valence-electron chi connectivity index (χ1n) is 7.35. The van der Waals surface area contributed by atoms with Crippen LogP contribution in [0, 0.1) is 11.7 Å². The zero-order valence-corrected chi connectivity index (χ0v) is 11.7. The highest BCUT2D eigenvalue weighted by molar-refractivity contribution is 5.18. The highest BCUT2D eigenvalue weighted by Crippen LogP contribution is 2.22. The Balaban J connectivity index is 2.02. The summed E-state index contributed by atoms with van der Waals surface area (Å²) < 4.78 is 19.2. The summed E-state index contributed by atoms with van der Waals surface area (Å²) in [7, 11) is 0. The molecule has 1 saturated heterocycles. The molecule has 1 aromatic rings. The van der Waals surface area contributed by atoms with Crippen molar-refractivity contribution in [1.82, 2.24) is 5.32 Å². The Morgan fingerprint density at radius 2 is 2.05 bits per heavy atom. The second-order valence-electron chi connectivity index (χ2n) is 5.31. The third-order valence-corrected chi connectivity index (χ3v) is 3.89. The van der Waals surface area contributed by atoms with Crippen molar-refractivity contribution in [2.75, 3.05) is 19.8 Å². The molecule has 0 aliphatic carbocycles. The van der Waals surface area contributed by atoms with E-state index in [9.17, 15) is 4.39 Å². The summed E-state index contributed by atoms with van der Waals surface area (Å²) in [5, 5.41) is 3.59. The lowest BCUT2D eigenvalue weighted by Crippen LogP contribution is -2.41. The minimum atomic E-state index is -0.0853. The molecule has 1 aliphatic heterocycles. The molecular formula is C16H24FNO. The Labute approximate surface area is 115 Å². The van der Waals surface area contributed by atoms with E-state index in [0.717, 1.165) is 51.0 Å². The largest absolute Gasteiger partial charge is 0.381 e. The quantitative estimate of drug-likeness (QED) is 0.853. The first kappa shape index (κ1) is 14.5. The Bertz CT molecular complexity index is 377. The molecule has 1 unspecified atom stereocenters. The van der Waals surface area contributed by atoms with E-state index in [4.69, 9.17) is 4.74 Å². The molecule has 2 rings (SSSR count). The van der Waals surface area contributed by atoms with Gasteiger partial charge in [0.05, 0.1) is 0 Å².